The van der Waals surface area contributed by atoms with Crippen LogP contribution in [0.25, 0.3) is 21.1 Å². The second kappa shape index (κ2) is 31.1. The summed E-state index contributed by atoms with van der Waals surface area (Å²) in [7, 11) is 1.73. The van der Waals surface area contributed by atoms with E-state index in [9.17, 15) is 69.3 Å². The Kier molecular flexibility index (Phi) is 23.3. The smallest absolute Gasteiger partial charge is 0.251 e. The topological polar surface area (TPSA) is 427 Å². The molecule has 16 N–H and O–H groups in total. The van der Waals surface area contributed by atoms with E-state index in [1.165, 1.54) is 48.6 Å². The number of carbonyl (C=O) groups excluding carboxylic acids is 7. The number of anilines is 1. The van der Waals surface area contributed by atoms with Gasteiger partial charge in [-0.3, -0.25) is 33.6 Å². The van der Waals surface area contributed by atoms with Gasteiger partial charge < -0.3 is 98.0 Å². The van der Waals surface area contributed by atoms with Gasteiger partial charge in [-0.2, -0.15) is 0 Å². The van der Waals surface area contributed by atoms with Crippen LogP contribution >= 0.6 is 22.9 Å². The first-order valence-corrected chi connectivity index (χ1v) is 32.3. The number of hydrogen-bond donors (Lipinski definition) is 14. The van der Waals surface area contributed by atoms with Gasteiger partial charge in [-0.1, -0.05) is 60.2 Å². The summed E-state index contributed by atoms with van der Waals surface area (Å²) < 4.78 is 11.6. The van der Waals surface area contributed by atoms with E-state index < -0.39 is 158 Å². The van der Waals surface area contributed by atoms with Gasteiger partial charge in [0, 0.05) is 99.0 Å². The number of aliphatic hydroxyl groups is 6. The first-order chi connectivity index (χ1) is 44.9. The fraction of sp³-hybridized carbons (Fsp3) is 0.484. The predicted octanol–water partition coefficient (Wildman–Crippen LogP) is -0.992. The lowest BCUT2D eigenvalue weighted by atomic mass is 9.84. The summed E-state index contributed by atoms with van der Waals surface area (Å²) in [5, 5.41) is 102. The molecule has 0 bridgehead atoms. The van der Waals surface area contributed by atoms with Gasteiger partial charge in [-0.25, -0.2) is 0 Å². The zero-order chi connectivity index (χ0) is 67.7. The van der Waals surface area contributed by atoms with E-state index in [2.05, 4.69) is 41.7 Å². The normalized spacial score (nSPS) is 26.0. The van der Waals surface area contributed by atoms with E-state index in [0.717, 1.165) is 59.5 Å². The molecule has 0 saturated carbocycles. The molecule has 0 spiro atoms. The monoisotopic (exact) mass is 1340 g/mol. The number of nitrogens with two attached hydrogens (primary N) is 2. The quantitative estimate of drug-likeness (QED) is 0.0531. The van der Waals surface area contributed by atoms with Crippen LogP contribution in [0, 0.1) is 5.92 Å². The van der Waals surface area contributed by atoms with Gasteiger partial charge in [0.25, 0.3) is 5.91 Å². The number of aliphatic hydroxyl groups excluding tert-OH is 6. The molecular formula is C64H81ClN12O16S. The highest BCUT2D eigenvalue weighted by Crippen LogP contribution is 2.39. The molecule has 0 aliphatic carbocycles. The summed E-state index contributed by atoms with van der Waals surface area (Å²) in [4.78, 5) is 106. The summed E-state index contributed by atoms with van der Waals surface area (Å²) in [6, 6.07) is 15.0. The summed E-state index contributed by atoms with van der Waals surface area (Å²) in [5.74, 6) is -8.69. The van der Waals surface area contributed by atoms with Gasteiger partial charge in [0.15, 0.2) is 11.5 Å². The molecule has 30 heteroatoms. The molecule has 13 atom stereocenters. The highest BCUT2D eigenvalue weighted by Gasteiger charge is 2.50. The van der Waals surface area contributed by atoms with Crippen LogP contribution < -0.4 is 47.7 Å². The van der Waals surface area contributed by atoms with E-state index in [-0.39, 0.29) is 55.3 Å². The lowest BCUT2D eigenvalue weighted by molar-refractivity contribution is -0.147. The molecule has 1 aromatic heterocycles. The molecule has 94 heavy (non-hydrogen) atoms. The summed E-state index contributed by atoms with van der Waals surface area (Å²) in [6.07, 6.45) is -10.3. The molecule has 4 aliphatic rings. The SMILES string of the molecule is COC1(c2ccc(Cl)cc2)CCN(c2ccc(-c3nnc(-c4ccc(C(=O)NC5C[C@@H](O)CNC(=O)[C@@H]6[C@@H](O)[C@@H](C)CN6C(=O)[C@H]([C@H](O)CCN)NC(=O)[C@H]([C@H](O)Cc6ccc(O)c(OCCN)c6)NC(=O)[C@@H]6C[C@@H](O)CN6C(=O)[C@H]([C@@H](C)O)NC5=O)cc4)s3)cc2)CC1. The van der Waals surface area contributed by atoms with Gasteiger partial charge >= 0.3 is 0 Å². The Labute approximate surface area is 550 Å². The van der Waals surface area contributed by atoms with Crippen LogP contribution in [0.4, 0.5) is 5.69 Å². The Hall–Kier alpha value is -7.94. The van der Waals surface area contributed by atoms with Crippen LogP contribution in [0.3, 0.4) is 0 Å². The van der Waals surface area contributed by atoms with Crippen LogP contribution in [0.5, 0.6) is 11.5 Å². The van der Waals surface area contributed by atoms with E-state index >= 15 is 0 Å². The molecule has 5 aromatic rings. The largest absolute Gasteiger partial charge is 0.504 e. The van der Waals surface area contributed by atoms with Crippen molar-refractivity contribution in [2.45, 2.75) is 131 Å². The highest BCUT2D eigenvalue weighted by molar-refractivity contribution is 7.17. The lowest BCUT2D eigenvalue weighted by Crippen LogP contribution is -2.64. The average molecular weight is 1340 g/mol. The first-order valence-electron chi connectivity index (χ1n) is 31.1. The number of nitrogens with one attached hydrogen (secondary N) is 5. The maximum absolute atomic E-state index is 14.7. The highest BCUT2D eigenvalue weighted by atomic mass is 35.5. The van der Waals surface area contributed by atoms with E-state index in [0.29, 0.717) is 20.6 Å². The number of rotatable bonds is 17. The van der Waals surface area contributed by atoms with Crippen LogP contribution in [-0.2, 0) is 45.5 Å². The number of piperidine rings is 1. The second-order valence-electron chi connectivity index (χ2n) is 24.2. The number of phenols is 1. The van der Waals surface area contributed by atoms with Crippen molar-refractivity contribution in [3.05, 3.63) is 113 Å². The minimum Gasteiger partial charge on any atom is -0.504 e. The van der Waals surface area contributed by atoms with Crippen molar-refractivity contribution in [3.8, 4) is 32.6 Å². The Morgan fingerprint density at radius 3 is 2.01 bits per heavy atom. The summed E-state index contributed by atoms with van der Waals surface area (Å²) in [6.45, 7) is 2.58. The van der Waals surface area contributed by atoms with Gasteiger partial charge in [0.2, 0.25) is 35.4 Å². The van der Waals surface area contributed by atoms with Gasteiger partial charge in [0.05, 0.1) is 42.2 Å². The third kappa shape index (κ3) is 16.2. The molecule has 4 aliphatic heterocycles. The third-order valence-corrected chi connectivity index (χ3v) is 19.0. The number of benzene rings is 4. The molecule has 5 heterocycles. The number of amides is 7. The van der Waals surface area contributed by atoms with Crippen LogP contribution in [0.2, 0.25) is 5.02 Å². The number of carbonyl (C=O) groups is 7. The number of phenolic OH excluding ortho intramolecular Hbond substituents is 1. The van der Waals surface area contributed by atoms with Crippen molar-refractivity contribution in [1.29, 1.82) is 0 Å². The number of ether oxygens (including phenoxy) is 2. The predicted molar refractivity (Wildman–Crippen MR) is 344 cm³/mol. The fourth-order valence-electron chi connectivity index (χ4n) is 12.4. The Bertz CT molecular complexity index is 3490. The number of β-amino-alcohol motifs (C(OH)–C–C–N with tert-alkyl or cyclic N) is 1. The Morgan fingerprint density at radius 1 is 0.755 bits per heavy atom. The fourth-order valence-corrected chi connectivity index (χ4v) is 13.3. The molecule has 0 radical (unpaired) electrons. The number of hydrogen-bond acceptors (Lipinski definition) is 22. The number of nitrogens with zero attached hydrogens (tertiary/aromatic N) is 5. The minimum atomic E-state index is -2.05. The van der Waals surface area contributed by atoms with Crippen molar-refractivity contribution >= 4 is 70.0 Å². The maximum Gasteiger partial charge on any atom is 0.251 e. The summed E-state index contributed by atoms with van der Waals surface area (Å²) in [5.41, 5.74) is 14.8. The average Bonchev–Trinajstić information content (AvgIpc) is 1.38. The van der Waals surface area contributed by atoms with Gasteiger partial charge in [0.1, 0.15) is 52.9 Å². The van der Waals surface area contributed by atoms with Crippen molar-refractivity contribution < 1.29 is 78.8 Å². The molecule has 7 amide bonds. The molecule has 4 aromatic carbocycles. The zero-order valence-corrected chi connectivity index (χ0v) is 53.6. The van der Waals surface area contributed by atoms with Crippen LogP contribution in [-0.4, -0.2) is 229 Å². The number of aromatic hydroxyl groups is 1. The molecular weight excluding hydrogens is 1260 g/mol. The third-order valence-electron chi connectivity index (χ3n) is 17.7. The molecule has 28 nitrogen and oxygen atoms in total. The van der Waals surface area contributed by atoms with Crippen molar-refractivity contribution in [3.63, 3.8) is 0 Å². The van der Waals surface area contributed by atoms with Crippen molar-refractivity contribution in [2.75, 3.05) is 64.4 Å². The second-order valence-corrected chi connectivity index (χ2v) is 25.7. The van der Waals surface area contributed by atoms with Gasteiger partial charge in [-0.15, -0.1) is 10.2 Å². The van der Waals surface area contributed by atoms with E-state index in [1.807, 2.05) is 48.5 Å². The summed E-state index contributed by atoms with van der Waals surface area (Å²) >= 11 is 7.48. The Morgan fingerprint density at radius 2 is 1.38 bits per heavy atom. The minimum absolute atomic E-state index is 0.00782. The standard InChI is InChI=1S/C64H81ClN12O16S/c1-33-31-77-53(54(33)84)59(89)68-30-42(79)28-44(69-55(85)36-5-7-37(8-6-36)60-73-74-61(94-60)38-9-15-41(16-10-38)75-23-19-64(92-3,20-24-75)39-11-13-40(65)14-12-39)56(86)70-50(34(2)78)62(90)76-32-43(80)29-45(76)57(87)71-51(58(88)72-52(63(77)91)47(82)18-21-66)48(83)26-35-4-17-46(81)49(27-35)93-25-22-67/h4-17,27,33-34,42-45,47-48,50-54,78-84H,18-26,28-32,66-67H2,1-3H3,(H,68,89)(H,69,85)(H,70,86)(H,71,87)(H,72,88)/t33-,34+,42+,43+,44?,45-,47+,48+,50-,51-,52-,53-,54-/m0/s1. The molecule has 1 unspecified atom stereocenters. The number of methoxy groups -OCH3 is 1. The van der Waals surface area contributed by atoms with Crippen molar-refractivity contribution in [1.82, 2.24) is 46.6 Å². The Balaban J connectivity index is 0.952. The van der Waals surface area contributed by atoms with Crippen molar-refractivity contribution in [2.24, 2.45) is 17.4 Å². The van der Waals surface area contributed by atoms with E-state index in [4.69, 9.17) is 32.5 Å². The van der Waals surface area contributed by atoms with Crippen LogP contribution in [0.1, 0.15) is 67.4 Å². The number of fused-ring (bicyclic) bond motifs is 2. The molecule has 4 saturated heterocycles. The van der Waals surface area contributed by atoms with Gasteiger partial charge in [-0.05, 0) is 105 Å². The number of aromatic nitrogens is 2. The first kappa shape index (κ1) is 70.4. The maximum atomic E-state index is 14.7. The lowest BCUT2D eigenvalue weighted by Gasteiger charge is -2.42. The molecule has 506 valence electrons. The zero-order valence-electron chi connectivity index (χ0n) is 52.0. The molecule has 9 rings (SSSR count). The molecule has 4 fully saturated rings. The van der Waals surface area contributed by atoms with Crippen LogP contribution in [0.15, 0.2) is 91.0 Å². The number of halogens is 1. The van der Waals surface area contributed by atoms with E-state index in [1.54, 1.807) is 19.2 Å².